The van der Waals surface area contributed by atoms with Crippen LogP contribution < -0.4 is 15.5 Å². The van der Waals surface area contributed by atoms with E-state index in [1.165, 1.54) is 5.56 Å². The fraction of sp³-hybridized carbons (Fsp3) is 0.250. The van der Waals surface area contributed by atoms with E-state index >= 15 is 0 Å². The van der Waals surface area contributed by atoms with Crippen LogP contribution in [0.4, 0.5) is 0 Å². The molecule has 35 heavy (non-hydrogen) atoms. The van der Waals surface area contributed by atoms with Crippen LogP contribution in [0.25, 0.3) is 0 Å². The van der Waals surface area contributed by atoms with E-state index in [9.17, 15) is 9.59 Å². The lowest BCUT2D eigenvalue weighted by Crippen LogP contribution is -2.46. The summed E-state index contributed by atoms with van der Waals surface area (Å²) in [6.07, 6.45) is 2.03. The third-order valence-corrected chi connectivity index (χ3v) is 5.44. The molecule has 0 saturated heterocycles. The molecule has 0 heterocycles. The van der Waals surface area contributed by atoms with Crippen LogP contribution in [0.1, 0.15) is 47.3 Å². The molecule has 2 N–H and O–H groups in total. The summed E-state index contributed by atoms with van der Waals surface area (Å²) in [4.78, 5) is 25.3. The highest BCUT2D eigenvalue weighted by Gasteiger charge is 2.22. The normalized spacial score (nSPS) is 11.9. The highest BCUT2D eigenvalue weighted by molar-refractivity contribution is 6.30. The summed E-state index contributed by atoms with van der Waals surface area (Å²) in [6, 6.07) is 21.4. The first-order chi connectivity index (χ1) is 16.8. The Kier molecular flexibility index (Phi) is 9.44. The van der Waals surface area contributed by atoms with Crippen LogP contribution in [0.5, 0.6) is 5.75 Å². The van der Waals surface area contributed by atoms with Gasteiger partial charge in [-0.3, -0.25) is 9.59 Å². The predicted octanol–water partition coefficient (Wildman–Crippen LogP) is 5.52. The predicted molar refractivity (Wildman–Crippen MR) is 140 cm³/mol. The summed E-state index contributed by atoms with van der Waals surface area (Å²) in [5.41, 5.74) is 6.07. The number of carbonyl (C=O) groups is 2. The summed E-state index contributed by atoms with van der Waals surface area (Å²) in [5, 5.41) is 7.39. The van der Waals surface area contributed by atoms with Gasteiger partial charge in [-0.2, -0.15) is 5.10 Å². The molecular weight excluding hydrogens is 462 g/mol. The summed E-state index contributed by atoms with van der Waals surface area (Å²) >= 11 is 5.89. The zero-order chi connectivity index (χ0) is 25.2. The van der Waals surface area contributed by atoms with E-state index in [1.54, 1.807) is 30.5 Å². The van der Waals surface area contributed by atoms with Gasteiger partial charge >= 0.3 is 0 Å². The van der Waals surface area contributed by atoms with Crippen molar-refractivity contribution in [2.24, 2.45) is 11.0 Å². The fourth-order valence-corrected chi connectivity index (χ4v) is 3.54. The average molecular weight is 492 g/mol. The molecule has 0 fully saturated rings. The molecule has 0 bridgehead atoms. The van der Waals surface area contributed by atoms with Crippen molar-refractivity contribution in [3.05, 3.63) is 100 Å². The Morgan fingerprint density at radius 1 is 1.03 bits per heavy atom. The lowest BCUT2D eigenvalue weighted by Gasteiger charge is -2.19. The molecule has 182 valence electrons. The molecule has 0 spiro atoms. The maximum atomic E-state index is 12.7. The Bertz CT molecular complexity index is 1160. The van der Waals surface area contributed by atoms with Crippen LogP contribution in [-0.2, 0) is 11.4 Å². The molecule has 1 unspecified atom stereocenters. The molecule has 0 aliphatic heterocycles. The summed E-state index contributed by atoms with van der Waals surface area (Å²) in [6.45, 7) is 6.51. The number of hydrogen-bond donors (Lipinski definition) is 2. The Labute approximate surface area is 211 Å². The molecule has 0 aromatic heterocycles. The van der Waals surface area contributed by atoms with Crippen LogP contribution in [0.2, 0.25) is 5.02 Å². The van der Waals surface area contributed by atoms with Crippen LogP contribution in [0, 0.1) is 12.8 Å². The number of aryl methyl sites for hydroxylation is 1. The lowest BCUT2D eigenvalue weighted by atomic mass is 10.0. The second kappa shape index (κ2) is 12.7. The van der Waals surface area contributed by atoms with E-state index in [0.29, 0.717) is 23.6 Å². The Balaban J connectivity index is 1.54. The zero-order valence-electron chi connectivity index (χ0n) is 20.1. The third-order valence-electron chi connectivity index (χ3n) is 5.19. The van der Waals surface area contributed by atoms with Gasteiger partial charge in [0.25, 0.3) is 11.8 Å². The molecule has 2 amide bonds. The van der Waals surface area contributed by atoms with Crippen molar-refractivity contribution < 1.29 is 14.3 Å². The molecule has 6 nitrogen and oxygen atoms in total. The van der Waals surface area contributed by atoms with Gasteiger partial charge in [-0.1, -0.05) is 55.3 Å². The van der Waals surface area contributed by atoms with Gasteiger partial charge in [0.05, 0.1) is 6.21 Å². The van der Waals surface area contributed by atoms with E-state index in [0.717, 1.165) is 16.9 Å². The van der Waals surface area contributed by atoms with Gasteiger partial charge in [0, 0.05) is 10.6 Å². The van der Waals surface area contributed by atoms with E-state index < -0.39 is 6.04 Å². The van der Waals surface area contributed by atoms with Gasteiger partial charge in [0.2, 0.25) is 0 Å². The van der Waals surface area contributed by atoms with Crippen molar-refractivity contribution in [3.8, 4) is 5.75 Å². The number of ether oxygens (including phenoxy) is 1. The molecule has 0 saturated carbocycles. The number of nitrogens with one attached hydrogen (secondary N) is 2. The molecule has 3 aromatic rings. The highest BCUT2D eigenvalue weighted by Crippen LogP contribution is 2.14. The minimum atomic E-state index is -0.715. The molecular formula is C28H30ClN3O3. The van der Waals surface area contributed by atoms with Crippen molar-refractivity contribution in [1.82, 2.24) is 10.7 Å². The number of hydrazone groups is 1. The van der Waals surface area contributed by atoms with Gasteiger partial charge in [0.1, 0.15) is 18.4 Å². The third kappa shape index (κ3) is 8.58. The van der Waals surface area contributed by atoms with Crippen molar-refractivity contribution in [3.63, 3.8) is 0 Å². The summed E-state index contributed by atoms with van der Waals surface area (Å²) in [7, 11) is 0. The van der Waals surface area contributed by atoms with Gasteiger partial charge in [-0.05, 0) is 78.9 Å². The number of carbonyl (C=O) groups excluding carboxylic acids is 2. The molecule has 7 heteroatoms. The Morgan fingerprint density at radius 3 is 2.40 bits per heavy atom. The molecule has 0 radical (unpaired) electrons. The Hall–Kier alpha value is -3.64. The van der Waals surface area contributed by atoms with Gasteiger partial charge in [-0.15, -0.1) is 0 Å². The first-order valence-corrected chi connectivity index (χ1v) is 11.9. The molecule has 0 aliphatic carbocycles. The fourth-order valence-electron chi connectivity index (χ4n) is 3.41. The number of amides is 2. The van der Waals surface area contributed by atoms with Crippen molar-refractivity contribution >= 4 is 29.6 Å². The van der Waals surface area contributed by atoms with E-state index in [1.807, 2.05) is 50.2 Å². The average Bonchev–Trinajstić information content (AvgIpc) is 2.83. The summed E-state index contributed by atoms with van der Waals surface area (Å²) in [5.74, 6) is 0.227. The minimum Gasteiger partial charge on any atom is -0.489 e. The molecule has 3 rings (SSSR count). The quantitative estimate of drug-likeness (QED) is 0.289. The van der Waals surface area contributed by atoms with Gasteiger partial charge in [0.15, 0.2) is 0 Å². The largest absolute Gasteiger partial charge is 0.489 e. The second-order valence-electron chi connectivity index (χ2n) is 8.74. The van der Waals surface area contributed by atoms with E-state index in [4.69, 9.17) is 16.3 Å². The molecule has 3 aromatic carbocycles. The maximum absolute atomic E-state index is 12.7. The SMILES string of the molecule is Cc1cccc(COc2ccc(C=NNC(=O)C(CC(C)C)NC(=O)c3ccc(Cl)cc3)cc2)c1. The monoisotopic (exact) mass is 491 g/mol. The molecule has 0 aliphatic rings. The van der Waals surface area contributed by atoms with Crippen molar-refractivity contribution in [2.75, 3.05) is 0 Å². The van der Waals surface area contributed by atoms with E-state index in [-0.39, 0.29) is 17.7 Å². The van der Waals surface area contributed by atoms with Crippen LogP contribution in [0.15, 0.2) is 77.9 Å². The smallest absolute Gasteiger partial charge is 0.262 e. The number of rotatable bonds is 10. The number of hydrogen-bond acceptors (Lipinski definition) is 4. The Morgan fingerprint density at radius 2 is 1.74 bits per heavy atom. The first-order valence-electron chi connectivity index (χ1n) is 11.5. The number of benzene rings is 3. The lowest BCUT2D eigenvalue weighted by molar-refractivity contribution is -0.123. The topological polar surface area (TPSA) is 79.8 Å². The number of nitrogens with zero attached hydrogens (tertiary/aromatic N) is 1. The first kappa shape index (κ1) is 26.0. The minimum absolute atomic E-state index is 0.201. The van der Waals surface area contributed by atoms with Crippen LogP contribution >= 0.6 is 11.6 Å². The summed E-state index contributed by atoms with van der Waals surface area (Å²) < 4.78 is 5.83. The van der Waals surface area contributed by atoms with Gasteiger partial charge < -0.3 is 10.1 Å². The highest BCUT2D eigenvalue weighted by atomic mass is 35.5. The van der Waals surface area contributed by atoms with Gasteiger partial charge in [-0.25, -0.2) is 5.43 Å². The van der Waals surface area contributed by atoms with E-state index in [2.05, 4.69) is 34.9 Å². The van der Waals surface area contributed by atoms with Crippen LogP contribution in [-0.4, -0.2) is 24.1 Å². The standard InChI is InChI=1S/C28H30ClN3O3/c1-19(2)15-26(31-27(33)23-9-11-24(29)12-10-23)28(34)32-30-17-21-7-13-25(14-8-21)35-18-22-6-4-5-20(3)16-22/h4-14,16-17,19,26H,15,18H2,1-3H3,(H,31,33)(H,32,34). The van der Waals surface area contributed by atoms with Crippen LogP contribution in [0.3, 0.4) is 0 Å². The maximum Gasteiger partial charge on any atom is 0.262 e. The zero-order valence-corrected chi connectivity index (χ0v) is 20.9. The second-order valence-corrected chi connectivity index (χ2v) is 9.18. The van der Waals surface area contributed by atoms with Crippen molar-refractivity contribution in [1.29, 1.82) is 0 Å². The number of halogens is 1. The van der Waals surface area contributed by atoms with Crippen molar-refractivity contribution in [2.45, 2.75) is 39.8 Å². The molecule has 1 atom stereocenters.